The molecular formula is C21H29N3O3. The summed E-state index contributed by atoms with van der Waals surface area (Å²) >= 11 is 0. The van der Waals surface area contributed by atoms with Crippen LogP contribution < -0.4 is 20.1 Å². The van der Waals surface area contributed by atoms with E-state index in [1.54, 1.807) is 14.2 Å². The van der Waals surface area contributed by atoms with Gasteiger partial charge < -0.3 is 24.8 Å². The minimum absolute atomic E-state index is 0.561. The van der Waals surface area contributed by atoms with Gasteiger partial charge in [-0.1, -0.05) is 24.3 Å². The lowest BCUT2D eigenvalue weighted by Crippen LogP contribution is -2.30. The molecule has 6 nitrogen and oxygen atoms in total. The van der Waals surface area contributed by atoms with Crippen LogP contribution in [-0.4, -0.2) is 33.3 Å². The average molecular weight is 371 g/mol. The molecule has 2 rings (SSSR count). The number of rotatable bonds is 9. The zero-order valence-corrected chi connectivity index (χ0v) is 16.5. The summed E-state index contributed by atoms with van der Waals surface area (Å²) in [6, 6.07) is 13.9. The summed E-state index contributed by atoms with van der Waals surface area (Å²) < 4.78 is 16.2. The summed E-state index contributed by atoms with van der Waals surface area (Å²) in [5.74, 6) is 2.06. The fourth-order valence-corrected chi connectivity index (χ4v) is 2.59. The molecule has 0 atom stereocenters. The summed E-state index contributed by atoms with van der Waals surface area (Å²) in [5.41, 5.74) is 3.18. The Kier molecular flexibility index (Phi) is 8.45. The molecule has 27 heavy (non-hydrogen) atoms. The second kappa shape index (κ2) is 11.1. The molecule has 0 aromatic heterocycles. The van der Waals surface area contributed by atoms with Crippen LogP contribution in [0, 0.1) is 0 Å². The van der Waals surface area contributed by atoms with Gasteiger partial charge in [-0.2, -0.15) is 0 Å². The highest BCUT2D eigenvalue weighted by atomic mass is 16.5. The van der Waals surface area contributed by atoms with Crippen LogP contribution in [0.15, 0.2) is 47.5 Å². The molecule has 0 fully saturated rings. The van der Waals surface area contributed by atoms with Crippen molar-refractivity contribution in [1.82, 2.24) is 5.32 Å². The van der Waals surface area contributed by atoms with E-state index in [0.717, 1.165) is 23.4 Å². The highest BCUT2D eigenvalue weighted by molar-refractivity contribution is 5.93. The van der Waals surface area contributed by atoms with Crippen molar-refractivity contribution in [2.45, 2.75) is 27.0 Å². The van der Waals surface area contributed by atoms with Gasteiger partial charge in [0, 0.05) is 24.9 Å². The summed E-state index contributed by atoms with van der Waals surface area (Å²) in [5, 5.41) is 6.58. The van der Waals surface area contributed by atoms with E-state index in [9.17, 15) is 0 Å². The van der Waals surface area contributed by atoms with E-state index in [0.29, 0.717) is 37.2 Å². The Hall–Kier alpha value is -2.73. The number of hydrogen-bond acceptors (Lipinski definition) is 4. The van der Waals surface area contributed by atoms with Gasteiger partial charge in [-0.25, -0.2) is 4.99 Å². The van der Waals surface area contributed by atoms with E-state index in [-0.39, 0.29) is 0 Å². The molecule has 0 saturated carbocycles. The van der Waals surface area contributed by atoms with Crippen molar-refractivity contribution in [2.75, 3.05) is 32.7 Å². The lowest BCUT2D eigenvalue weighted by molar-refractivity contribution is 0.133. The third-order valence-corrected chi connectivity index (χ3v) is 3.98. The van der Waals surface area contributed by atoms with Crippen molar-refractivity contribution in [3.05, 3.63) is 53.6 Å². The van der Waals surface area contributed by atoms with Gasteiger partial charge in [0.05, 0.1) is 27.4 Å². The highest BCUT2D eigenvalue weighted by Gasteiger charge is 2.07. The first-order chi connectivity index (χ1) is 13.2. The van der Waals surface area contributed by atoms with E-state index in [2.05, 4.69) is 22.8 Å². The smallest absolute Gasteiger partial charge is 0.196 e. The molecular weight excluding hydrogens is 342 g/mol. The molecule has 0 aliphatic carbocycles. The van der Waals surface area contributed by atoms with Gasteiger partial charge in [-0.05, 0) is 37.1 Å². The number of methoxy groups -OCH3 is 2. The first kappa shape index (κ1) is 20.6. The van der Waals surface area contributed by atoms with Crippen LogP contribution in [0.25, 0.3) is 0 Å². The molecule has 0 saturated heterocycles. The van der Waals surface area contributed by atoms with Crippen LogP contribution in [0.5, 0.6) is 11.5 Å². The number of ether oxygens (including phenoxy) is 3. The second-order valence-corrected chi connectivity index (χ2v) is 5.80. The number of hydrogen-bond donors (Lipinski definition) is 2. The van der Waals surface area contributed by atoms with Gasteiger partial charge in [0.25, 0.3) is 0 Å². The summed E-state index contributed by atoms with van der Waals surface area (Å²) in [7, 11) is 3.24. The second-order valence-electron chi connectivity index (χ2n) is 5.80. The van der Waals surface area contributed by atoms with E-state index in [1.165, 1.54) is 0 Å². The normalized spacial score (nSPS) is 11.2. The van der Waals surface area contributed by atoms with E-state index in [4.69, 9.17) is 19.2 Å². The molecule has 0 heterocycles. The molecule has 146 valence electrons. The first-order valence-electron chi connectivity index (χ1n) is 9.13. The zero-order chi connectivity index (χ0) is 19.5. The Morgan fingerprint density at radius 2 is 1.70 bits per heavy atom. The number of nitrogens with zero attached hydrogens (tertiary/aromatic N) is 1. The van der Waals surface area contributed by atoms with Crippen molar-refractivity contribution in [2.24, 2.45) is 4.99 Å². The molecule has 2 aromatic carbocycles. The number of benzene rings is 2. The molecule has 6 heteroatoms. The molecule has 0 unspecified atom stereocenters. The van der Waals surface area contributed by atoms with Crippen molar-refractivity contribution >= 4 is 11.6 Å². The number of nitrogens with one attached hydrogen (secondary N) is 2. The number of anilines is 1. The Balaban J connectivity index is 2.15. The van der Waals surface area contributed by atoms with E-state index < -0.39 is 0 Å². The Morgan fingerprint density at radius 3 is 2.37 bits per heavy atom. The standard InChI is InChI=1S/C21H29N3O3/c1-5-22-21(24-18-11-12-19(25-3)20(13-18)26-4)23-14-16-9-7-8-10-17(16)15-27-6-2/h7-13H,5-6,14-15H2,1-4H3,(H2,22,23,24). The lowest BCUT2D eigenvalue weighted by Gasteiger charge is -2.14. The average Bonchev–Trinajstić information content (AvgIpc) is 2.71. The SMILES string of the molecule is CCNC(=NCc1ccccc1COCC)Nc1ccc(OC)c(OC)c1. The predicted molar refractivity (Wildman–Crippen MR) is 110 cm³/mol. The third kappa shape index (κ3) is 6.18. The summed E-state index contributed by atoms with van der Waals surface area (Å²) in [4.78, 5) is 4.71. The summed E-state index contributed by atoms with van der Waals surface area (Å²) in [6.07, 6.45) is 0. The summed E-state index contributed by atoms with van der Waals surface area (Å²) in [6.45, 7) is 6.65. The zero-order valence-electron chi connectivity index (χ0n) is 16.5. The Morgan fingerprint density at radius 1 is 0.963 bits per heavy atom. The maximum absolute atomic E-state index is 5.55. The number of guanidine groups is 1. The van der Waals surface area contributed by atoms with Crippen LogP contribution in [0.2, 0.25) is 0 Å². The third-order valence-electron chi connectivity index (χ3n) is 3.98. The largest absolute Gasteiger partial charge is 0.493 e. The fourth-order valence-electron chi connectivity index (χ4n) is 2.59. The van der Waals surface area contributed by atoms with Crippen molar-refractivity contribution in [3.8, 4) is 11.5 Å². The van der Waals surface area contributed by atoms with Crippen LogP contribution in [0.3, 0.4) is 0 Å². The van der Waals surface area contributed by atoms with E-state index in [1.807, 2.05) is 44.2 Å². The monoisotopic (exact) mass is 371 g/mol. The quantitative estimate of drug-likeness (QED) is 0.518. The van der Waals surface area contributed by atoms with Gasteiger partial charge in [0.15, 0.2) is 17.5 Å². The van der Waals surface area contributed by atoms with Crippen LogP contribution in [0.1, 0.15) is 25.0 Å². The van der Waals surface area contributed by atoms with Crippen LogP contribution in [-0.2, 0) is 17.9 Å². The van der Waals surface area contributed by atoms with Gasteiger partial charge in [-0.3, -0.25) is 0 Å². The molecule has 0 aliphatic heterocycles. The van der Waals surface area contributed by atoms with Gasteiger partial charge in [0.1, 0.15) is 0 Å². The fraction of sp³-hybridized carbons (Fsp3) is 0.381. The maximum Gasteiger partial charge on any atom is 0.196 e. The Bertz CT molecular complexity index is 747. The van der Waals surface area contributed by atoms with Crippen molar-refractivity contribution in [1.29, 1.82) is 0 Å². The molecule has 2 aromatic rings. The first-order valence-corrected chi connectivity index (χ1v) is 9.13. The maximum atomic E-state index is 5.55. The molecule has 2 N–H and O–H groups in total. The predicted octanol–water partition coefficient (Wildman–Crippen LogP) is 3.82. The minimum atomic E-state index is 0.561. The number of aliphatic imine (C=N–C) groups is 1. The molecule has 0 radical (unpaired) electrons. The highest BCUT2D eigenvalue weighted by Crippen LogP contribution is 2.29. The Labute approximate surface area is 161 Å². The molecule has 0 spiro atoms. The molecule has 0 bridgehead atoms. The van der Waals surface area contributed by atoms with Gasteiger partial charge in [0.2, 0.25) is 0 Å². The van der Waals surface area contributed by atoms with Crippen molar-refractivity contribution < 1.29 is 14.2 Å². The van der Waals surface area contributed by atoms with Gasteiger partial charge >= 0.3 is 0 Å². The van der Waals surface area contributed by atoms with Crippen LogP contribution >= 0.6 is 0 Å². The van der Waals surface area contributed by atoms with Crippen molar-refractivity contribution in [3.63, 3.8) is 0 Å². The molecule has 0 aliphatic rings. The molecule has 0 amide bonds. The lowest BCUT2D eigenvalue weighted by atomic mass is 10.1. The van der Waals surface area contributed by atoms with Crippen LogP contribution in [0.4, 0.5) is 5.69 Å². The van der Waals surface area contributed by atoms with Gasteiger partial charge in [-0.15, -0.1) is 0 Å². The minimum Gasteiger partial charge on any atom is -0.493 e. The van der Waals surface area contributed by atoms with E-state index >= 15 is 0 Å². The topological polar surface area (TPSA) is 64.1 Å².